The van der Waals surface area contributed by atoms with Gasteiger partial charge in [-0.25, -0.2) is 0 Å². The van der Waals surface area contributed by atoms with Gasteiger partial charge in [0.2, 0.25) is 6.29 Å². The van der Waals surface area contributed by atoms with Crippen molar-refractivity contribution in [3.05, 3.63) is 59.6 Å². The lowest BCUT2D eigenvalue weighted by molar-refractivity contribution is -0.123. The Labute approximate surface area is 109 Å². The lowest BCUT2D eigenvalue weighted by Crippen LogP contribution is -2.23. The maximum Gasteiger partial charge on any atom is 0.262 e. The van der Waals surface area contributed by atoms with Crippen molar-refractivity contribution >= 4 is 11.8 Å². The van der Waals surface area contributed by atoms with Crippen LogP contribution in [0.3, 0.4) is 0 Å². The van der Waals surface area contributed by atoms with Gasteiger partial charge in [-0.05, 0) is 5.56 Å². The van der Waals surface area contributed by atoms with Gasteiger partial charge in [-0.1, -0.05) is 30.3 Å². The molecule has 1 unspecified atom stereocenters. The molecule has 0 aromatic heterocycles. The van der Waals surface area contributed by atoms with E-state index in [9.17, 15) is 9.59 Å². The van der Waals surface area contributed by atoms with E-state index in [1.165, 1.54) is 12.3 Å². The van der Waals surface area contributed by atoms with Gasteiger partial charge in [0.1, 0.15) is 6.26 Å². The third-order valence-electron chi connectivity index (χ3n) is 2.85. The number of carbonyl (C=O) groups excluding carboxylic acids is 2. The first-order valence-electron chi connectivity index (χ1n) is 5.86. The van der Waals surface area contributed by atoms with E-state index >= 15 is 0 Å². The number of rotatable bonds is 3. The molecule has 0 saturated heterocycles. The molecule has 0 aliphatic carbocycles. The van der Waals surface area contributed by atoms with Gasteiger partial charge in [0, 0.05) is 12.5 Å². The van der Waals surface area contributed by atoms with E-state index < -0.39 is 18.1 Å². The summed E-state index contributed by atoms with van der Waals surface area (Å²) in [6.45, 7) is 0. The van der Waals surface area contributed by atoms with Crippen LogP contribution >= 0.6 is 0 Å². The van der Waals surface area contributed by atoms with Gasteiger partial charge in [0.25, 0.3) is 11.8 Å². The van der Waals surface area contributed by atoms with Crippen LogP contribution in [0, 0.1) is 0 Å². The van der Waals surface area contributed by atoms with Gasteiger partial charge in [-0.3, -0.25) is 14.9 Å². The van der Waals surface area contributed by atoms with Gasteiger partial charge >= 0.3 is 0 Å². The quantitative estimate of drug-likeness (QED) is 0.821. The van der Waals surface area contributed by atoms with Crippen molar-refractivity contribution in [2.45, 2.75) is 12.7 Å². The molecule has 0 fully saturated rings. The first kappa shape index (κ1) is 11.5. The van der Waals surface area contributed by atoms with E-state index in [1.807, 2.05) is 30.3 Å². The molecule has 2 heterocycles. The first-order chi connectivity index (χ1) is 9.22. The molecule has 0 radical (unpaired) electrons. The summed E-state index contributed by atoms with van der Waals surface area (Å²) in [6, 6.07) is 9.74. The maximum absolute atomic E-state index is 11.5. The van der Waals surface area contributed by atoms with E-state index in [2.05, 4.69) is 5.32 Å². The van der Waals surface area contributed by atoms with Crippen LogP contribution in [0.1, 0.15) is 5.56 Å². The monoisotopic (exact) mass is 257 g/mol. The van der Waals surface area contributed by atoms with E-state index in [0.717, 1.165) is 5.56 Å². The third-order valence-corrected chi connectivity index (χ3v) is 2.85. The smallest absolute Gasteiger partial charge is 0.262 e. The van der Waals surface area contributed by atoms with Crippen LogP contribution in [-0.4, -0.2) is 18.1 Å². The Hall–Kier alpha value is -2.56. The second-order valence-electron chi connectivity index (χ2n) is 4.23. The van der Waals surface area contributed by atoms with Crippen molar-refractivity contribution in [2.24, 2.45) is 0 Å². The van der Waals surface area contributed by atoms with Crippen LogP contribution in [0.2, 0.25) is 0 Å². The average molecular weight is 257 g/mol. The van der Waals surface area contributed by atoms with E-state index in [1.54, 1.807) is 0 Å². The highest BCUT2D eigenvalue weighted by atomic mass is 16.7. The summed E-state index contributed by atoms with van der Waals surface area (Å²) < 4.78 is 10.9. The second kappa shape index (κ2) is 4.61. The molecule has 1 aromatic carbocycles. The fourth-order valence-corrected chi connectivity index (χ4v) is 1.95. The minimum absolute atomic E-state index is 0.209. The fourth-order valence-electron chi connectivity index (χ4n) is 1.95. The molecule has 3 rings (SSSR count). The zero-order valence-corrected chi connectivity index (χ0v) is 9.96. The van der Waals surface area contributed by atoms with Crippen LogP contribution < -0.4 is 5.32 Å². The molecule has 19 heavy (non-hydrogen) atoms. The maximum atomic E-state index is 11.5. The Morgan fingerprint density at radius 3 is 2.63 bits per heavy atom. The molecule has 1 atom stereocenters. The molecule has 96 valence electrons. The van der Waals surface area contributed by atoms with E-state index in [0.29, 0.717) is 12.2 Å². The molecule has 2 aliphatic rings. The highest BCUT2D eigenvalue weighted by Gasteiger charge is 2.30. The predicted molar refractivity (Wildman–Crippen MR) is 65.4 cm³/mol. The van der Waals surface area contributed by atoms with Crippen LogP contribution in [0.25, 0.3) is 0 Å². The number of amides is 2. The van der Waals surface area contributed by atoms with Gasteiger partial charge in [0.05, 0.1) is 5.57 Å². The van der Waals surface area contributed by atoms with Crippen molar-refractivity contribution in [2.75, 3.05) is 0 Å². The molecule has 0 spiro atoms. The van der Waals surface area contributed by atoms with Crippen LogP contribution in [0.15, 0.2) is 54.0 Å². The van der Waals surface area contributed by atoms with Gasteiger partial charge in [-0.15, -0.1) is 0 Å². The second-order valence-corrected chi connectivity index (χ2v) is 4.23. The number of hydrogen-bond donors (Lipinski definition) is 1. The van der Waals surface area contributed by atoms with E-state index in [-0.39, 0.29) is 5.57 Å². The minimum Gasteiger partial charge on any atom is -0.458 e. The summed E-state index contributed by atoms with van der Waals surface area (Å²) in [7, 11) is 0. The SMILES string of the molecule is O=C1C=C(C2=COC(Cc3ccccc3)O2)C(=O)N1. The largest absolute Gasteiger partial charge is 0.458 e. The van der Waals surface area contributed by atoms with Crippen molar-refractivity contribution in [1.29, 1.82) is 0 Å². The molecular weight excluding hydrogens is 246 g/mol. The standard InChI is InChI=1S/C14H11NO4/c16-12-7-10(14(17)15-12)11-8-18-13(19-11)6-9-4-2-1-3-5-9/h1-5,7-8,13H,6H2,(H,15,16,17). The van der Waals surface area contributed by atoms with Gasteiger partial charge in [0.15, 0.2) is 5.76 Å². The zero-order chi connectivity index (χ0) is 13.2. The van der Waals surface area contributed by atoms with Gasteiger partial charge in [-0.2, -0.15) is 0 Å². The number of imide groups is 1. The molecule has 2 amide bonds. The first-order valence-corrected chi connectivity index (χ1v) is 5.86. The van der Waals surface area contributed by atoms with Crippen LogP contribution in [-0.2, 0) is 25.5 Å². The number of nitrogens with one attached hydrogen (secondary N) is 1. The van der Waals surface area contributed by atoms with Crippen molar-refractivity contribution in [3.8, 4) is 0 Å². The number of hydrogen-bond acceptors (Lipinski definition) is 4. The normalized spacial score (nSPS) is 21.4. The predicted octanol–water partition coefficient (Wildman–Crippen LogP) is 1.03. The lowest BCUT2D eigenvalue weighted by Gasteiger charge is -2.11. The Morgan fingerprint density at radius 2 is 1.95 bits per heavy atom. The summed E-state index contributed by atoms with van der Waals surface area (Å²) in [5, 5.41) is 2.16. The molecule has 1 N–H and O–H groups in total. The molecule has 5 heteroatoms. The highest BCUT2D eigenvalue weighted by Crippen LogP contribution is 2.25. The van der Waals surface area contributed by atoms with Crippen LogP contribution in [0.4, 0.5) is 0 Å². The minimum atomic E-state index is -0.471. The highest BCUT2D eigenvalue weighted by molar-refractivity contribution is 6.18. The number of ether oxygens (including phenoxy) is 2. The third kappa shape index (κ3) is 2.35. The lowest BCUT2D eigenvalue weighted by atomic mass is 10.1. The summed E-state index contributed by atoms with van der Waals surface area (Å²) in [6.07, 6.45) is 2.69. The Kier molecular flexibility index (Phi) is 2.79. The molecule has 5 nitrogen and oxygen atoms in total. The summed E-state index contributed by atoms with van der Waals surface area (Å²) in [4.78, 5) is 22.5. The Balaban J connectivity index is 1.66. The van der Waals surface area contributed by atoms with Gasteiger partial charge < -0.3 is 9.47 Å². The summed E-state index contributed by atoms with van der Waals surface area (Å²) in [5.41, 5.74) is 1.28. The van der Waals surface area contributed by atoms with Crippen molar-refractivity contribution < 1.29 is 19.1 Å². The number of benzene rings is 1. The summed E-state index contributed by atoms with van der Waals surface area (Å²) in [5.74, 6) is -0.597. The Bertz CT molecular complexity index is 589. The zero-order valence-electron chi connectivity index (χ0n) is 9.96. The van der Waals surface area contributed by atoms with Crippen LogP contribution in [0.5, 0.6) is 0 Å². The fraction of sp³-hybridized carbons (Fsp3) is 0.143. The molecular formula is C14H11NO4. The topological polar surface area (TPSA) is 64.6 Å². The summed E-state index contributed by atoms with van der Waals surface area (Å²) >= 11 is 0. The molecule has 1 aromatic rings. The van der Waals surface area contributed by atoms with Crippen molar-refractivity contribution in [3.63, 3.8) is 0 Å². The van der Waals surface area contributed by atoms with E-state index in [4.69, 9.17) is 9.47 Å². The molecule has 0 saturated carbocycles. The average Bonchev–Trinajstić information content (AvgIpc) is 2.97. The Morgan fingerprint density at radius 1 is 1.16 bits per heavy atom. The molecule has 0 bridgehead atoms. The van der Waals surface area contributed by atoms with Crippen molar-refractivity contribution in [1.82, 2.24) is 5.32 Å². The number of carbonyl (C=O) groups is 2. The molecule has 2 aliphatic heterocycles.